The van der Waals surface area contributed by atoms with Crippen molar-refractivity contribution in [2.75, 3.05) is 19.7 Å². The van der Waals surface area contributed by atoms with Gasteiger partial charge in [-0.05, 0) is 37.3 Å². The third kappa shape index (κ3) is 3.00. The fourth-order valence-electron chi connectivity index (χ4n) is 4.18. The van der Waals surface area contributed by atoms with E-state index in [-0.39, 0.29) is 12.0 Å². The summed E-state index contributed by atoms with van der Waals surface area (Å²) >= 11 is 0. The Balaban J connectivity index is 1.22. The topological polar surface area (TPSA) is 81.4 Å². The van der Waals surface area contributed by atoms with E-state index in [1.807, 2.05) is 4.90 Å². The number of carbonyl (C=O) groups excluding carboxylic acids is 1. The van der Waals surface area contributed by atoms with Crippen molar-refractivity contribution in [3.63, 3.8) is 0 Å². The highest BCUT2D eigenvalue weighted by molar-refractivity contribution is 5.94. The van der Waals surface area contributed by atoms with Gasteiger partial charge >= 0.3 is 0 Å². The van der Waals surface area contributed by atoms with Gasteiger partial charge < -0.3 is 14.1 Å². The van der Waals surface area contributed by atoms with Crippen LogP contribution in [-0.2, 0) is 11.2 Å². The van der Waals surface area contributed by atoms with E-state index in [2.05, 4.69) is 15.2 Å². The molecule has 2 saturated heterocycles. The molecule has 4 heterocycles. The minimum atomic E-state index is 0.0836. The van der Waals surface area contributed by atoms with Crippen molar-refractivity contribution >= 4 is 5.91 Å². The second kappa shape index (κ2) is 6.46. The summed E-state index contributed by atoms with van der Waals surface area (Å²) in [4.78, 5) is 18.6. The normalized spacial score (nSPS) is 28.2. The van der Waals surface area contributed by atoms with Crippen LogP contribution in [0, 0.1) is 11.8 Å². The molecular weight excluding hydrogens is 332 g/mol. The number of pyridine rings is 1. The average molecular weight is 354 g/mol. The van der Waals surface area contributed by atoms with Gasteiger partial charge in [0.15, 0.2) is 0 Å². The number of fused-ring (bicyclic) bond motifs is 1. The van der Waals surface area contributed by atoms with E-state index < -0.39 is 0 Å². The SMILES string of the molecule is O=C(c1ccncc1)N1CC[C@@H]2[C@@H](CO[C@@H]2Cc2nnc(C3CC3)o2)C1. The van der Waals surface area contributed by atoms with Gasteiger partial charge in [-0.3, -0.25) is 9.78 Å². The maximum absolute atomic E-state index is 12.7. The molecule has 1 aliphatic carbocycles. The quantitative estimate of drug-likeness (QED) is 0.836. The van der Waals surface area contributed by atoms with Gasteiger partial charge in [-0.25, -0.2) is 0 Å². The predicted molar refractivity (Wildman–Crippen MR) is 91.5 cm³/mol. The van der Waals surface area contributed by atoms with Crippen molar-refractivity contribution in [2.45, 2.75) is 37.7 Å². The zero-order chi connectivity index (χ0) is 17.5. The van der Waals surface area contributed by atoms with E-state index in [1.165, 1.54) is 0 Å². The van der Waals surface area contributed by atoms with E-state index in [4.69, 9.17) is 9.15 Å². The van der Waals surface area contributed by atoms with E-state index >= 15 is 0 Å². The Morgan fingerprint density at radius 3 is 2.85 bits per heavy atom. The highest BCUT2D eigenvalue weighted by atomic mass is 16.5. The first-order chi connectivity index (χ1) is 12.8. The number of hydrogen-bond acceptors (Lipinski definition) is 6. The minimum Gasteiger partial charge on any atom is -0.425 e. The molecule has 3 atom stereocenters. The van der Waals surface area contributed by atoms with Crippen LogP contribution >= 0.6 is 0 Å². The Morgan fingerprint density at radius 1 is 1.19 bits per heavy atom. The van der Waals surface area contributed by atoms with Crippen LogP contribution < -0.4 is 0 Å². The Bertz CT molecular complexity index is 789. The molecule has 2 aromatic rings. The lowest BCUT2D eigenvalue weighted by Crippen LogP contribution is -2.44. The number of ether oxygens (including phenoxy) is 1. The Labute approximate surface area is 151 Å². The fourth-order valence-corrected chi connectivity index (χ4v) is 4.18. The second-order valence-electron chi connectivity index (χ2n) is 7.58. The minimum absolute atomic E-state index is 0.0836. The van der Waals surface area contributed by atoms with E-state index in [1.54, 1.807) is 24.5 Å². The molecule has 2 aromatic heterocycles. The number of rotatable bonds is 4. The van der Waals surface area contributed by atoms with Gasteiger partial charge in [0.2, 0.25) is 11.8 Å². The third-order valence-corrected chi connectivity index (χ3v) is 5.79. The van der Waals surface area contributed by atoms with Crippen molar-refractivity contribution in [1.29, 1.82) is 0 Å². The van der Waals surface area contributed by atoms with E-state index in [0.29, 0.717) is 42.2 Å². The molecule has 7 heteroatoms. The molecule has 0 aromatic carbocycles. The molecule has 0 N–H and O–H groups in total. The molecule has 0 radical (unpaired) electrons. The summed E-state index contributed by atoms with van der Waals surface area (Å²) in [5.74, 6) is 2.87. The molecule has 1 amide bonds. The van der Waals surface area contributed by atoms with Crippen LogP contribution in [0.25, 0.3) is 0 Å². The predicted octanol–water partition coefficient (Wildman–Crippen LogP) is 2.06. The molecule has 26 heavy (non-hydrogen) atoms. The first kappa shape index (κ1) is 15.9. The van der Waals surface area contributed by atoms with Crippen LogP contribution in [0.4, 0.5) is 0 Å². The van der Waals surface area contributed by atoms with Crippen molar-refractivity contribution in [3.05, 3.63) is 41.9 Å². The molecule has 0 bridgehead atoms. The first-order valence-electron chi connectivity index (χ1n) is 9.41. The smallest absolute Gasteiger partial charge is 0.253 e. The maximum Gasteiger partial charge on any atom is 0.253 e. The van der Waals surface area contributed by atoms with Crippen LogP contribution in [0.2, 0.25) is 0 Å². The summed E-state index contributed by atoms with van der Waals surface area (Å²) in [5.41, 5.74) is 0.701. The van der Waals surface area contributed by atoms with Crippen molar-refractivity contribution < 1.29 is 13.9 Å². The molecular formula is C19H22N4O3. The van der Waals surface area contributed by atoms with Crippen LogP contribution in [0.15, 0.2) is 28.9 Å². The molecule has 5 rings (SSSR count). The van der Waals surface area contributed by atoms with Gasteiger partial charge in [0.1, 0.15) is 0 Å². The standard InChI is InChI=1S/C19H22N4O3/c24-19(13-3-6-20-7-4-13)23-8-5-15-14(10-23)11-25-16(15)9-17-21-22-18(26-17)12-1-2-12/h3-4,6-7,12,14-16H,1-2,5,8-11H2/t14-,15-,16-/m1/s1. The number of piperidine rings is 1. The lowest BCUT2D eigenvalue weighted by molar-refractivity contribution is 0.0603. The number of aromatic nitrogens is 3. The summed E-state index contributed by atoms with van der Waals surface area (Å²) in [5, 5.41) is 8.36. The van der Waals surface area contributed by atoms with Gasteiger partial charge in [-0.15, -0.1) is 10.2 Å². The monoisotopic (exact) mass is 354 g/mol. The van der Waals surface area contributed by atoms with Crippen LogP contribution in [0.3, 0.4) is 0 Å². The number of hydrogen-bond donors (Lipinski definition) is 0. The van der Waals surface area contributed by atoms with Gasteiger partial charge in [0.25, 0.3) is 5.91 Å². The van der Waals surface area contributed by atoms with Gasteiger partial charge in [0, 0.05) is 42.9 Å². The largest absolute Gasteiger partial charge is 0.425 e. The molecule has 136 valence electrons. The summed E-state index contributed by atoms with van der Waals surface area (Å²) in [6, 6.07) is 3.55. The second-order valence-corrected chi connectivity index (χ2v) is 7.58. The van der Waals surface area contributed by atoms with Gasteiger partial charge in [0.05, 0.1) is 19.1 Å². The van der Waals surface area contributed by atoms with Gasteiger partial charge in [-0.2, -0.15) is 0 Å². The molecule has 0 spiro atoms. The molecule has 3 aliphatic rings. The highest BCUT2D eigenvalue weighted by Gasteiger charge is 2.42. The Morgan fingerprint density at radius 2 is 2.04 bits per heavy atom. The zero-order valence-corrected chi connectivity index (χ0v) is 14.6. The molecule has 0 unspecified atom stereocenters. The summed E-state index contributed by atoms with van der Waals surface area (Å²) in [6.45, 7) is 2.21. The van der Waals surface area contributed by atoms with Crippen molar-refractivity contribution in [2.24, 2.45) is 11.8 Å². The lowest BCUT2D eigenvalue weighted by Gasteiger charge is -2.35. The van der Waals surface area contributed by atoms with Crippen molar-refractivity contribution in [3.8, 4) is 0 Å². The molecule has 7 nitrogen and oxygen atoms in total. The fraction of sp³-hybridized carbons (Fsp3) is 0.579. The average Bonchev–Trinajstić information content (AvgIpc) is 3.31. The first-order valence-corrected chi connectivity index (χ1v) is 9.41. The van der Waals surface area contributed by atoms with E-state index in [0.717, 1.165) is 38.2 Å². The molecule has 3 fully saturated rings. The van der Waals surface area contributed by atoms with Gasteiger partial charge in [-0.1, -0.05) is 0 Å². The maximum atomic E-state index is 12.7. The molecule has 2 aliphatic heterocycles. The lowest BCUT2D eigenvalue weighted by atomic mass is 9.83. The number of likely N-dealkylation sites (tertiary alicyclic amines) is 1. The van der Waals surface area contributed by atoms with Crippen LogP contribution in [0.5, 0.6) is 0 Å². The summed E-state index contributed by atoms with van der Waals surface area (Å²) < 4.78 is 11.8. The van der Waals surface area contributed by atoms with Crippen LogP contribution in [0.1, 0.15) is 47.3 Å². The zero-order valence-electron chi connectivity index (χ0n) is 14.6. The number of carbonyl (C=O) groups is 1. The highest BCUT2D eigenvalue weighted by Crippen LogP contribution is 2.40. The Kier molecular flexibility index (Phi) is 3.96. The third-order valence-electron chi connectivity index (χ3n) is 5.79. The molecule has 1 saturated carbocycles. The van der Waals surface area contributed by atoms with Crippen molar-refractivity contribution in [1.82, 2.24) is 20.1 Å². The van der Waals surface area contributed by atoms with E-state index in [9.17, 15) is 4.79 Å². The summed E-state index contributed by atoms with van der Waals surface area (Å²) in [6.07, 6.45) is 7.39. The number of amides is 1. The number of nitrogens with zero attached hydrogens (tertiary/aromatic N) is 4. The Hall–Kier alpha value is -2.28. The van der Waals surface area contributed by atoms with Crippen LogP contribution in [-0.4, -0.2) is 51.8 Å². The summed E-state index contributed by atoms with van der Waals surface area (Å²) in [7, 11) is 0.